The Morgan fingerprint density at radius 1 is 1.41 bits per heavy atom. The van der Waals surface area contributed by atoms with E-state index in [1.807, 2.05) is 6.92 Å². The number of hydrogen-bond acceptors (Lipinski definition) is 4. The summed E-state index contributed by atoms with van der Waals surface area (Å²) in [4.78, 5) is 7.82. The third-order valence-corrected chi connectivity index (χ3v) is 2.91. The number of nitrogens with two attached hydrogens (primary N) is 1. The molecule has 0 aliphatic carbocycles. The molecular formula is C12H21FN4. The zero-order chi connectivity index (χ0) is 12.7. The van der Waals surface area contributed by atoms with Gasteiger partial charge in [-0.1, -0.05) is 20.3 Å². The number of anilines is 1. The fourth-order valence-electron chi connectivity index (χ4n) is 1.70. The highest BCUT2D eigenvalue weighted by atomic mass is 19.1. The quantitative estimate of drug-likeness (QED) is 0.764. The molecule has 0 aromatic carbocycles. The van der Waals surface area contributed by atoms with E-state index >= 15 is 0 Å². The lowest BCUT2D eigenvalue weighted by Crippen LogP contribution is -2.19. The molecule has 17 heavy (non-hydrogen) atoms. The van der Waals surface area contributed by atoms with Crippen LogP contribution >= 0.6 is 0 Å². The first-order valence-corrected chi connectivity index (χ1v) is 6.16. The predicted octanol–water partition coefficient (Wildman–Crippen LogP) is 1.97. The van der Waals surface area contributed by atoms with Crippen LogP contribution in [0.3, 0.4) is 0 Å². The summed E-state index contributed by atoms with van der Waals surface area (Å²) in [5.41, 5.74) is 5.98. The van der Waals surface area contributed by atoms with Gasteiger partial charge in [-0.15, -0.1) is 0 Å². The zero-order valence-corrected chi connectivity index (χ0v) is 10.5. The van der Waals surface area contributed by atoms with Crippen LogP contribution in [-0.4, -0.2) is 23.1 Å². The van der Waals surface area contributed by atoms with E-state index in [0.717, 1.165) is 12.8 Å². The second kappa shape index (κ2) is 7.17. The molecule has 4 nitrogen and oxygen atoms in total. The van der Waals surface area contributed by atoms with Crippen molar-refractivity contribution in [1.29, 1.82) is 0 Å². The van der Waals surface area contributed by atoms with Crippen LogP contribution in [0.2, 0.25) is 0 Å². The van der Waals surface area contributed by atoms with Crippen molar-refractivity contribution in [2.24, 2.45) is 11.7 Å². The van der Waals surface area contributed by atoms with Gasteiger partial charge in [-0.3, -0.25) is 0 Å². The first-order valence-electron chi connectivity index (χ1n) is 6.16. The summed E-state index contributed by atoms with van der Waals surface area (Å²) < 4.78 is 13.8. The van der Waals surface area contributed by atoms with Gasteiger partial charge in [0.1, 0.15) is 6.33 Å². The van der Waals surface area contributed by atoms with E-state index in [0.29, 0.717) is 36.9 Å². The maximum Gasteiger partial charge on any atom is 0.186 e. The summed E-state index contributed by atoms with van der Waals surface area (Å²) in [6, 6.07) is 0. The van der Waals surface area contributed by atoms with Gasteiger partial charge in [-0.05, 0) is 25.3 Å². The fourth-order valence-corrected chi connectivity index (χ4v) is 1.70. The predicted molar refractivity (Wildman–Crippen MR) is 67.3 cm³/mol. The molecule has 1 aromatic heterocycles. The molecule has 0 amide bonds. The van der Waals surface area contributed by atoms with Crippen LogP contribution in [-0.2, 0) is 6.42 Å². The number of halogens is 1. The highest BCUT2D eigenvalue weighted by molar-refractivity contribution is 5.37. The minimum Gasteiger partial charge on any atom is -0.367 e. The van der Waals surface area contributed by atoms with Gasteiger partial charge in [-0.25, -0.2) is 14.4 Å². The second-order valence-electron chi connectivity index (χ2n) is 4.07. The van der Waals surface area contributed by atoms with Crippen molar-refractivity contribution in [2.45, 2.75) is 33.1 Å². The minimum atomic E-state index is -0.336. The van der Waals surface area contributed by atoms with Crippen molar-refractivity contribution >= 4 is 5.82 Å². The summed E-state index contributed by atoms with van der Waals surface area (Å²) in [6.07, 6.45) is 3.94. The fraction of sp³-hybridized carbons (Fsp3) is 0.667. The van der Waals surface area contributed by atoms with Gasteiger partial charge in [0.05, 0.1) is 5.69 Å². The summed E-state index contributed by atoms with van der Waals surface area (Å²) in [5, 5.41) is 3.04. The first-order chi connectivity index (χ1) is 8.22. The van der Waals surface area contributed by atoms with Gasteiger partial charge in [0.25, 0.3) is 0 Å². The average Bonchev–Trinajstić information content (AvgIpc) is 2.36. The monoisotopic (exact) mass is 240 g/mol. The highest BCUT2D eigenvalue weighted by Gasteiger charge is 2.11. The van der Waals surface area contributed by atoms with Crippen molar-refractivity contribution in [1.82, 2.24) is 9.97 Å². The number of hydrogen-bond donors (Lipinski definition) is 2. The lowest BCUT2D eigenvalue weighted by Gasteiger charge is -2.15. The summed E-state index contributed by atoms with van der Waals surface area (Å²) in [7, 11) is 0. The Balaban J connectivity index is 2.62. The molecule has 0 spiro atoms. The van der Waals surface area contributed by atoms with Gasteiger partial charge in [0.15, 0.2) is 11.6 Å². The Bertz CT molecular complexity index is 343. The summed E-state index contributed by atoms with van der Waals surface area (Å²) in [6.45, 7) is 5.34. The van der Waals surface area contributed by atoms with E-state index in [2.05, 4.69) is 22.2 Å². The SMILES string of the molecule is CCc1ncnc(NCC(CC)CCN)c1F. The Morgan fingerprint density at radius 2 is 2.18 bits per heavy atom. The van der Waals surface area contributed by atoms with Crippen LogP contribution in [0.5, 0.6) is 0 Å². The van der Waals surface area contributed by atoms with Gasteiger partial charge >= 0.3 is 0 Å². The molecule has 1 heterocycles. The second-order valence-corrected chi connectivity index (χ2v) is 4.07. The molecule has 0 radical (unpaired) electrons. The maximum absolute atomic E-state index is 13.8. The molecule has 1 aromatic rings. The van der Waals surface area contributed by atoms with Crippen LogP contribution in [0.15, 0.2) is 6.33 Å². The van der Waals surface area contributed by atoms with E-state index in [4.69, 9.17) is 5.73 Å². The van der Waals surface area contributed by atoms with Crippen LogP contribution in [0.1, 0.15) is 32.4 Å². The van der Waals surface area contributed by atoms with Gasteiger partial charge in [0.2, 0.25) is 0 Å². The molecule has 1 atom stereocenters. The molecular weight excluding hydrogens is 219 g/mol. The molecule has 3 N–H and O–H groups in total. The van der Waals surface area contributed by atoms with Gasteiger partial charge < -0.3 is 11.1 Å². The lowest BCUT2D eigenvalue weighted by molar-refractivity contribution is 0.498. The van der Waals surface area contributed by atoms with Crippen LogP contribution < -0.4 is 11.1 Å². The van der Waals surface area contributed by atoms with Crippen LogP contribution in [0, 0.1) is 11.7 Å². The molecule has 0 aliphatic rings. The Kier molecular flexibility index (Phi) is 5.83. The number of rotatable bonds is 7. The van der Waals surface area contributed by atoms with E-state index in [1.165, 1.54) is 6.33 Å². The molecule has 0 fully saturated rings. The van der Waals surface area contributed by atoms with E-state index in [-0.39, 0.29) is 5.82 Å². The molecule has 0 aliphatic heterocycles. The first kappa shape index (κ1) is 13.8. The lowest BCUT2D eigenvalue weighted by atomic mass is 10.0. The average molecular weight is 240 g/mol. The number of nitrogens with one attached hydrogen (secondary N) is 1. The number of nitrogens with zero attached hydrogens (tertiary/aromatic N) is 2. The van der Waals surface area contributed by atoms with Crippen molar-refractivity contribution in [2.75, 3.05) is 18.4 Å². The maximum atomic E-state index is 13.8. The smallest absolute Gasteiger partial charge is 0.186 e. The van der Waals surface area contributed by atoms with E-state index in [1.54, 1.807) is 0 Å². The molecule has 0 bridgehead atoms. The topological polar surface area (TPSA) is 63.8 Å². The van der Waals surface area contributed by atoms with Crippen LogP contribution in [0.25, 0.3) is 0 Å². The number of aryl methyl sites for hydroxylation is 1. The molecule has 0 saturated heterocycles. The molecule has 5 heteroatoms. The van der Waals surface area contributed by atoms with Crippen LogP contribution in [0.4, 0.5) is 10.2 Å². The van der Waals surface area contributed by atoms with E-state index in [9.17, 15) is 4.39 Å². The van der Waals surface area contributed by atoms with Gasteiger partial charge in [-0.2, -0.15) is 0 Å². The minimum absolute atomic E-state index is 0.298. The molecule has 1 rings (SSSR count). The van der Waals surface area contributed by atoms with Crippen molar-refractivity contribution < 1.29 is 4.39 Å². The third-order valence-electron chi connectivity index (χ3n) is 2.91. The van der Waals surface area contributed by atoms with Gasteiger partial charge in [0, 0.05) is 6.54 Å². The Labute approximate surface area is 102 Å². The molecule has 96 valence electrons. The van der Waals surface area contributed by atoms with Crippen molar-refractivity contribution in [3.63, 3.8) is 0 Å². The normalized spacial score (nSPS) is 12.5. The summed E-state index contributed by atoms with van der Waals surface area (Å²) >= 11 is 0. The molecule has 1 unspecified atom stereocenters. The number of aromatic nitrogens is 2. The Morgan fingerprint density at radius 3 is 2.76 bits per heavy atom. The largest absolute Gasteiger partial charge is 0.367 e. The summed E-state index contributed by atoms with van der Waals surface area (Å²) in [5.74, 6) is 0.421. The zero-order valence-electron chi connectivity index (χ0n) is 10.5. The van der Waals surface area contributed by atoms with E-state index < -0.39 is 0 Å². The molecule has 0 saturated carbocycles. The van der Waals surface area contributed by atoms with Crippen molar-refractivity contribution in [3.05, 3.63) is 17.8 Å². The standard InChI is InChI=1S/C12H21FN4/c1-3-9(5-6-14)7-15-12-11(13)10(4-2)16-8-17-12/h8-9H,3-7,14H2,1-2H3,(H,15,16,17). The van der Waals surface area contributed by atoms with Crippen molar-refractivity contribution in [3.8, 4) is 0 Å². The third kappa shape index (κ3) is 3.93. The highest BCUT2D eigenvalue weighted by Crippen LogP contribution is 2.15. The Hall–Kier alpha value is -1.23.